The minimum Gasteiger partial charge on any atom is -0.504 e. The number of aromatic hydroxyl groups is 29. The van der Waals surface area contributed by atoms with Crippen LogP contribution in [-0.2, 0) is 56.8 Å². The van der Waals surface area contributed by atoms with Gasteiger partial charge in [0.05, 0.1) is 50.1 Å². The summed E-state index contributed by atoms with van der Waals surface area (Å²) >= 11 is 0. The fourth-order valence-corrected chi connectivity index (χ4v) is 13.2. The van der Waals surface area contributed by atoms with E-state index >= 15 is 9.59 Å². The number of ether oxygens (including phenoxy) is 13. The van der Waals surface area contributed by atoms with Crippen LogP contribution in [0.2, 0.25) is 0 Å². The van der Waals surface area contributed by atoms with E-state index in [4.69, 9.17) is 61.6 Å². The minimum atomic E-state index is -3.05. The molecule has 10 atom stereocenters. The van der Waals surface area contributed by atoms with E-state index in [1.54, 1.807) is 0 Å². The van der Waals surface area contributed by atoms with Crippen molar-refractivity contribution in [2.24, 2.45) is 0 Å². The first-order valence-corrected chi connectivity index (χ1v) is 36.9. The summed E-state index contributed by atoms with van der Waals surface area (Å²) in [4.78, 5) is 148. The average Bonchev–Trinajstić information content (AvgIpc) is 1.72. The summed E-state index contributed by atoms with van der Waals surface area (Å²) in [6.07, 6.45) is -28.9. The van der Waals surface area contributed by atoms with E-state index in [1.807, 2.05) is 0 Å². The van der Waals surface area contributed by atoms with Gasteiger partial charge in [0.2, 0.25) is 47.8 Å². The number of carbonyl (C=O) groups is 10. The molecule has 2 saturated heterocycles. The largest absolute Gasteiger partial charge is 0.504 e. The van der Waals surface area contributed by atoms with E-state index < -0.39 is 379 Å². The van der Waals surface area contributed by atoms with Gasteiger partial charge in [-0.25, -0.2) is 47.9 Å². The third-order valence-corrected chi connectivity index (χ3v) is 19.8. The number of phenolic OH excluding ortho intramolecular Hbond substituents is 29. The van der Waals surface area contributed by atoms with Crippen molar-refractivity contribution in [1.82, 2.24) is 0 Å². The van der Waals surface area contributed by atoms with Gasteiger partial charge in [-0.05, 0) is 91.0 Å². The maximum atomic E-state index is 15.9. The summed E-state index contributed by atoms with van der Waals surface area (Å²) in [5, 5.41) is 312. The molecule has 10 aromatic rings. The molecule has 0 amide bonds. The summed E-state index contributed by atoms with van der Waals surface area (Å²) in [7, 11) is 0. The van der Waals surface area contributed by atoms with Crippen LogP contribution < -0.4 is 4.74 Å². The monoisotopic (exact) mass is 1880 g/mol. The van der Waals surface area contributed by atoms with Crippen LogP contribution in [0.4, 0.5) is 0 Å². The molecule has 134 heavy (non-hydrogen) atoms. The summed E-state index contributed by atoms with van der Waals surface area (Å²) in [6, 6.07) is 5.87. The highest BCUT2D eigenvalue weighted by Crippen LogP contribution is 2.57. The van der Waals surface area contributed by atoms with Crippen LogP contribution in [0, 0.1) is 0 Å². The Morgan fingerprint density at radius 2 is 0.567 bits per heavy atom. The van der Waals surface area contributed by atoms with Crippen LogP contribution in [0.3, 0.4) is 0 Å². The molecular formula is C82H60O52. The molecule has 10 aromatic carbocycles. The van der Waals surface area contributed by atoms with Gasteiger partial charge < -0.3 is 210 Å². The zero-order chi connectivity index (χ0) is 98.0. The summed E-state index contributed by atoms with van der Waals surface area (Å²) in [5.41, 5.74) is -14.8. The molecule has 0 saturated carbocycles. The number of hydrogen-bond donors (Lipinski definition) is 29. The van der Waals surface area contributed by atoms with Gasteiger partial charge in [0.25, 0.3) is 0 Å². The van der Waals surface area contributed by atoms with E-state index in [0.717, 1.165) is 0 Å². The lowest BCUT2D eigenvalue weighted by Gasteiger charge is -2.44. The highest BCUT2D eigenvalue weighted by atomic mass is 16.8. The van der Waals surface area contributed by atoms with Gasteiger partial charge >= 0.3 is 59.7 Å². The predicted molar refractivity (Wildman–Crippen MR) is 416 cm³/mol. The van der Waals surface area contributed by atoms with Crippen molar-refractivity contribution in [1.29, 1.82) is 0 Å². The van der Waals surface area contributed by atoms with E-state index in [-0.39, 0.29) is 18.2 Å². The van der Waals surface area contributed by atoms with E-state index in [1.165, 1.54) is 0 Å². The van der Waals surface area contributed by atoms with Crippen molar-refractivity contribution in [2.75, 3.05) is 13.2 Å². The zero-order valence-electron chi connectivity index (χ0n) is 65.9. The lowest BCUT2D eigenvalue weighted by Crippen LogP contribution is -2.63. The summed E-state index contributed by atoms with van der Waals surface area (Å²) < 4.78 is 74.3. The first-order valence-electron chi connectivity index (χ1n) is 36.9. The number of phenols is 29. The van der Waals surface area contributed by atoms with E-state index in [0.29, 0.717) is 84.9 Å². The molecule has 0 bridgehead atoms. The molecular weight excluding hydrogens is 1820 g/mol. The molecule has 1 unspecified atom stereocenters. The molecule has 52 nitrogen and oxygen atoms in total. The highest BCUT2D eigenvalue weighted by Gasteiger charge is 2.58. The van der Waals surface area contributed by atoms with Crippen molar-refractivity contribution in [2.45, 2.75) is 61.4 Å². The van der Waals surface area contributed by atoms with Gasteiger partial charge in [-0.1, -0.05) is 0 Å². The molecule has 3 heterocycles. The Labute approximate surface area is 737 Å². The zero-order valence-corrected chi connectivity index (χ0v) is 65.9. The summed E-state index contributed by atoms with van der Waals surface area (Å²) in [6.45, 7) is -3.25. The maximum absolute atomic E-state index is 15.9. The fraction of sp³-hybridized carbons (Fsp3) is 0.146. The number of carbonyl (C=O) groups excluding carboxylic acids is 10. The van der Waals surface area contributed by atoms with Gasteiger partial charge in [-0.2, -0.15) is 0 Å². The fourth-order valence-electron chi connectivity index (χ4n) is 13.2. The standard InChI is InChI=1S/C82H60O52/c83-30-1-20(2-31(84)51(30)99)71(112)122-18-47-66(68(130-73(114)22-5-34(87)53(101)35(88)6-22)70(132-75(116)24-9-38(91)55(103)39(92)10-24)81(125-47)133-76(117)25-11-40(93)56(104)41(94)12-25)128-80(121)29-16-45(98)59(107)63(111)64(29)124-46-17-28-50(62(110)60(46)108)49-27(15-44(97)58(106)61(49)109)78(119)123-19-48-65(127-79(28)120)67(129-72(113)21-3-32(85)52(100)33(86)4-21)69(131-74(115)23-7-36(89)54(102)37(90)8-23)82(126-48)134-77(118)26-13-42(95)57(105)43(96)14-26/h1-17,47-48,65-70,81-111H,18-19H2/t47-,48-,65?,66-,67+,68+,69-,70-,81+,82+/m1/s1. The normalized spacial score (nSPS) is 18.4. The Morgan fingerprint density at radius 1 is 0.276 bits per heavy atom. The highest BCUT2D eigenvalue weighted by molar-refractivity contribution is 6.09. The van der Waals surface area contributed by atoms with Gasteiger partial charge in [-0.3, -0.25) is 0 Å². The van der Waals surface area contributed by atoms with Crippen molar-refractivity contribution in [3.63, 3.8) is 0 Å². The molecule has 0 radical (unpaired) electrons. The second-order valence-corrected chi connectivity index (χ2v) is 28.4. The van der Waals surface area contributed by atoms with Crippen LogP contribution in [0.5, 0.6) is 178 Å². The molecule has 52 heteroatoms. The molecule has 700 valence electrons. The van der Waals surface area contributed by atoms with Gasteiger partial charge in [0, 0.05) is 23.3 Å². The molecule has 2 fully saturated rings. The van der Waals surface area contributed by atoms with Crippen LogP contribution in [0.25, 0.3) is 11.1 Å². The number of benzene rings is 10. The SMILES string of the molecule is O=C(OC[C@H]1O[C@@H](OC(=O)c2cc(O)c(O)c(O)c2)[C@H](OC(=O)c2cc(O)c(O)c(O)c2)[C@@H](OC(=O)c2cc(O)c(O)c(O)c2)[C@@H]1OC(=O)c1cc(O)c(O)c(O)c1Oc1cc2c(c(O)c1O)-c1c(cc(O)c(O)c1O)C(=O)OC[C@H]1O[C@@H](OC(=O)c3cc(O)c(O)c(O)c3)[C@H](OC(=O)c3cc(O)c(O)c(O)c3)[C@@H](OC(=O)c3cc(O)c(O)c(O)c3)C1OC2=O)c1cc(O)c(O)c(O)c1. The molecule has 13 rings (SSSR count). The topological polar surface area (TPSA) is 877 Å². The molecule has 29 N–H and O–H groups in total. The van der Waals surface area contributed by atoms with Gasteiger partial charge in [0.1, 0.15) is 31.0 Å². The third kappa shape index (κ3) is 17.6. The maximum Gasteiger partial charge on any atom is 0.342 e. The van der Waals surface area contributed by atoms with Crippen LogP contribution in [-0.4, -0.2) is 282 Å². The second kappa shape index (κ2) is 35.6. The predicted octanol–water partition coefficient (Wildman–Crippen LogP) is 3.75. The van der Waals surface area contributed by atoms with Crippen molar-refractivity contribution in [3.05, 3.63) is 159 Å². The Hall–Kier alpha value is -19.2. The smallest absolute Gasteiger partial charge is 0.342 e. The number of cyclic esters (lactones) is 1. The first kappa shape index (κ1) is 92.5. The minimum absolute atomic E-state index is 0.0442. The lowest BCUT2D eigenvalue weighted by atomic mass is 9.91. The van der Waals surface area contributed by atoms with E-state index in [2.05, 4.69) is 0 Å². The Kier molecular flexibility index (Phi) is 24.5. The number of fused-ring (bicyclic) bond motifs is 4. The molecule has 0 aliphatic carbocycles. The molecule has 0 spiro atoms. The van der Waals surface area contributed by atoms with Crippen LogP contribution in [0.15, 0.2) is 103 Å². The molecule has 3 aliphatic heterocycles. The van der Waals surface area contributed by atoms with Gasteiger partial charge in [0.15, 0.2) is 180 Å². The Morgan fingerprint density at radius 3 is 0.948 bits per heavy atom. The van der Waals surface area contributed by atoms with Crippen LogP contribution in [0.1, 0.15) is 104 Å². The second-order valence-electron chi connectivity index (χ2n) is 28.4. The third-order valence-electron chi connectivity index (χ3n) is 19.8. The van der Waals surface area contributed by atoms with Gasteiger partial charge in [-0.15, -0.1) is 0 Å². The molecule has 3 aliphatic rings. The Balaban J connectivity index is 0.985. The van der Waals surface area contributed by atoms with E-state index in [9.17, 15) is 186 Å². The number of esters is 10. The quantitative estimate of drug-likeness (QED) is 0.0311. The first-order chi connectivity index (χ1) is 63.0. The Bertz CT molecular complexity index is 6470. The number of hydrogen-bond acceptors (Lipinski definition) is 52. The van der Waals surface area contributed by atoms with Crippen molar-refractivity contribution < 1.29 is 258 Å². The van der Waals surface area contributed by atoms with Crippen molar-refractivity contribution >= 4 is 59.7 Å². The average molecular weight is 1880 g/mol. The molecule has 0 aromatic heterocycles. The number of rotatable bonds is 19. The van der Waals surface area contributed by atoms with Crippen molar-refractivity contribution in [3.8, 4) is 189 Å². The summed E-state index contributed by atoms with van der Waals surface area (Å²) in [5.74, 6) is -64.7. The van der Waals surface area contributed by atoms with Crippen LogP contribution >= 0.6 is 0 Å². The lowest BCUT2D eigenvalue weighted by molar-refractivity contribution is -0.283.